The van der Waals surface area contributed by atoms with Crippen LogP contribution in [0.25, 0.3) is 0 Å². The summed E-state index contributed by atoms with van der Waals surface area (Å²) >= 11 is 0. The van der Waals surface area contributed by atoms with E-state index in [4.69, 9.17) is 4.74 Å². The van der Waals surface area contributed by atoms with Crippen molar-refractivity contribution in [3.63, 3.8) is 0 Å². The van der Waals surface area contributed by atoms with Crippen molar-refractivity contribution < 1.29 is 4.74 Å². The predicted molar refractivity (Wildman–Crippen MR) is 76.1 cm³/mol. The van der Waals surface area contributed by atoms with Gasteiger partial charge >= 0.3 is 0 Å². The van der Waals surface area contributed by atoms with E-state index in [1.165, 1.54) is 24.0 Å². The van der Waals surface area contributed by atoms with Crippen molar-refractivity contribution in [2.45, 2.75) is 46.1 Å². The van der Waals surface area contributed by atoms with E-state index in [0.29, 0.717) is 6.04 Å². The summed E-state index contributed by atoms with van der Waals surface area (Å²) in [6.07, 6.45) is 3.54. The molecule has 2 heteroatoms. The smallest absolute Gasteiger partial charge is 0.122 e. The van der Waals surface area contributed by atoms with Gasteiger partial charge in [-0.05, 0) is 42.5 Å². The van der Waals surface area contributed by atoms with Gasteiger partial charge < -0.3 is 10.1 Å². The van der Waals surface area contributed by atoms with Crippen LogP contribution < -0.4 is 10.1 Å². The minimum atomic E-state index is 0.489. The number of hydrogen-bond donors (Lipinski definition) is 1. The zero-order valence-electron chi connectivity index (χ0n) is 11.8. The second-order valence-corrected chi connectivity index (χ2v) is 5.55. The molecule has 1 unspecified atom stereocenters. The van der Waals surface area contributed by atoms with Crippen molar-refractivity contribution in [1.82, 2.24) is 5.32 Å². The third-order valence-corrected chi connectivity index (χ3v) is 3.60. The molecule has 1 N–H and O–H groups in total. The molecule has 0 aromatic heterocycles. The highest BCUT2D eigenvalue weighted by molar-refractivity contribution is 5.40. The number of rotatable bonds is 6. The highest BCUT2D eigenvalue weighted by Gasteiger charge is 2.16. The SMILES string of the molecule is CCNC(CCC(C)C)c1ccc2c(c1)CCO2. The molecule has 2 rings (SSSR count). The van der Waals surface area contributed by atoms with E-state index in [0.717, 1.165) is 31.2 Å². The summed E-state index contributed by atoms with van der Waals surface area (Å²) in [5.41, 5.74) is 2.79. The van der Waals surface area contributed by atoms with Gasteiger partial charge in [-0.1, -0.05) is 32.9 Å². The highest BCUT2D eigenvalue weighted by atomic mass is 16.5. The molecule has 1 atom stereocenters. The lowest BCUT2D eigenvalue weighted by Crippen LogP contribution is -2.21. The molecule has 2 nitrogen and oxygen atoms in total. The lowest BCUT2D eigenvalue weighted by atomic mass is 9.96. The average molecular weight is 247 g/mol. The van der Waals surface area contributed by atoms with Crippen molar-refractivity contribution in [1.29, 1.82) is 0 Å². The fourth-order valence-corrected chi connectivity index (χ4v) is 2.56. The van der Waals surface area contributed by atoms with Crippen LogP contribution in [-0.4, -0.2) is 13.2 Å². The molecule has 0 saturated carbocycles. The maximum absolute atomic E-state index is 5.57. The molecule has 1 aromatic carbocycles. The largest absolute Gasteiger partial charge is 0.493 e. The van der Waals surface area contributed by atoms with Gasteiger partial charge in [0.2, 0.25) is 0 Å². The van der Waals surface area contributed by atoms with Gasteiger partial charge in [-0.15, -0.1) is 0 Å². The molecule has 1 aliphatic heterocycles. The Morgan fingerprint density at radius 2 is 2.11 bits per heavy atom. The van der Waals surface area contributed by atoms with E-state index in [9.17, 15) is 0 Å². The molecule has 0 saturated heterocycles. The standard InChI is InChI=1S/C16H25NO/c1-4-17-15(7-5-12(2)3)13-6-8-16-14(11-13)9-10-18-16/h6,8,11-12,15,17H,4-5,7,9-10H2,1-3H3. The van der Waals surface area contributed by atoms with Gasteiger partial charge in [0.25, 0.3) is 0 Å². The lowest BCUT2D eigenvalue weighted by Gasteiger charge is -2.20. The fourth-order valence-electron chi connectivity index (χ4n) is 2.56. The molecular weight excluding hydrogens is 222 g/mol. The molecule has 1 aromatic rings. The molecule has 1 aliphatic rings. The third-order valence-electron chi connectivity index (χ3n) is 3.60. The van der Waals surface area contributed by atoms with Crippen LogP contribution >= 0.6 is 0 Å². The van der Waals surface area contributed by atoms with Gasteiger partial charge in [-0.2, -0.15) is 0 Å². The molecule has 0 radical (unpaired) electrons. The summed E-state index contributed by atoms with van der Waals surface area (Å²) in [5, 5.41) is 3.60. The van der Waals surface area contributed by atoms with Crippen molar-refractivity contribution in [3.8, 4) is 5.75 Å². The first-order chi connectivity index (χ1) is 8.70. The normalized spacial score (nSPS) is 15.6. The number of ether oxygens (including phenoxy) is 1. The number of benzene rings is 1. The van der Waals surface area contributed by atoms with Crippen molar-refractivity contribution in [2.75, 3.05) is 13.2 Å². The Morgan fingerprint density at radius 3 is 2.83 bits per heavy atom. The van der Waals surface area contributed by atoms with E-state index < -0.39 is 0 Å². The van der Waals surface area contributed by atoms with E-state index in [-0.39, 0.29) is 0 Å². The van der Waals surface area contributed by atoms with Gasteiger partial charge in [-0.25, -0.2) is 0 Å². The Hall–Kier alpha value is -1.02. The molecule has 1 heterocycles. The number of fused-ring (bicyclic) bond motifs is 1. The van der Waals surface area contributed by atoms with Crippen LogP contribution in [0.2, 0.25) is 0 Å². The highest BCUT2D eigenvalue weighted by Crippen LogP contribution is 2.30. The monoisotopic (exact) mass is 247 g/mol. The van der Waals surface area contributed by atoms with Crippen molar-refractivity contribution >= 4 is 0 Å². The summed E-state index contributed by atoms with van der Waals surface area (Å²) in [6.45, 7) is 8.63. The average Bonchev–Trinajstić information content (AvgIpc) is 2.81. The van der Waals surface area contributed by atoms with Crippen LogP contribution in [0.4, 0.5) is 0 Å². The topological polar surface area (TPSA) is 21.3 Å². The first-order valence-corrected chi connectivity index (χ1v) is 7.19. The van der Waals surface area contributed by atoms with Crippen LogP contribution in [0, 0.1) is 5.92 Å². The van der Waals surface area contributed by atoms with Crippen LogP contribution in [-0.2, 0) is 6.42 Å². The summed E-state index contributed by atoms with van der Waals surface area (Å²) in [7, 11) is 0. The first-order valence-electron chi connectivity index (χ1n) is 7.19. The zero-order valence-corrected chi connectivity index (χ0v) is 11.8. The summed E-state index contributed by atoms with van der Waals surface area (Å²) < 4.78 is 5.57. The Morgan fingerprint density at radius 1 is 1.28 bits per heavy atom. The van der Waals surface area contributed by atoms with Crippen LogP contribution in [0.15, 0.2) is 18.2 Å². The third kappa shape index (κ3) is 3.26. The molecule has 0 amide bonds. The quantitative estimate of drug-likeness (QED) is 0.827. The first kappa shape index (κ1) is 13.4. The zero-order chi connectivity index (χ0) is 13.0. The van der Waals surface area contributed by atoms with Gasteiger partial charge in [-0.3, -0.25) is 0 Å². The fraction of sp³-hybridized carbons (Fsp3) is 0.625. The van der Waals surface area contributed by atoms with Gasteiger partial charge in [0.1, 0.15) is 5.75 Å². The number of hydrogen-bond acceptors (Lipinski definition) is 2. The van der Waals surface area contributed by atoms with Crippen LogP contribution in [0.5, 0.6) is 5.75 Å². The molecule has 18 heavy (non-hydrogen) atoms. The second-order valence-electron chi connectivity index (χ2n) is 5.55. The molecule has 0 spiro atoms. The van der Waals surface area contributed by atoms with E-state index in [1.54, 1.807) is 0 Å². The predicted octanol–water partition coefficient (Wildman–Crippen LogP) is 3.71. The van der Waals surface area contributed by atoms with Crippen LogP contribution in [0.1, 0.15) is 50.8 Å². The maximum atomic E-state index is 5.57. The van der Waals surface area contributed by atoms with Gasteiger partial charge in [0.15, 0.2) is 0 Å². The van der Waals surface area contributed by atoms with E-state index in [2.05, 4.69) is 44.3 Å². The molecule has 100 valence electrons. The van der Waals surface area contributed by atoms with E-state index in [1.807, 2.05) is 0 Å². The van der Waals surface area contributed by atoms with E-state index >= 15 is 0 Å². The Labute approximate surface area is 111 Å². The lowest BCUT2D eigenvalue weighted by molar-refractivity contribution is 0.356. The summed E-state index contributed by atoms with van der Waals surface area (Å²) in [5.74, 6) is 1.85. The maximum Gasteiger partial charge on any atom is 0.122 e. The Kier molecular flexibility index (Phi) is 4.65. The molecule has 0 aliphatic carbocycles. The number of nitrogens with one attached hydrogen (secondary N) is 1. The molecule has 0 bridgehead atoms. The minimum Gasteiger partial charge on any atom is -0.493 e. The van der Waals surface area contributed by atoms with Crippen molar-refractivity contribution in [3.05, 3.63) is 29.3 Å². The van der Waals surface area contributed by atoms with Gasteiger partial charge in [0.05, 0.1) is 6.61 Å². The minimum absolute atomic E-state index is 0.489. The Bertz CT molecular complexity index is 387. The summed E-state index contributed by atoms with van der Waals surface area (Å²) in [4.78, 5) is 0. The second kappa shape index (κ2) is 6.24. The molecule has 0 fully saturated rings. The Balaban J connectivity index is 2.09. The van der Waals surface area contributed by atoms with Crippen molar-refractivity contribution in [2.24, 2.45) is 5.92 Å². The van der Waals surface area contributed by atoms with Gasteiger partial charge in [0, 0.05) is 12.5 Å². The molecular formula is C16H25NO. The summed E-state index contributed by atoms with van der Waals surface area (Å²) in [6, 6.07) is 7.17. The van der Waals surface area contributed by atoms with Crippen LogP contribution in [0.3, 0.4) is 0 Å².